The van der Waals surface area contributed by atoms with Crippen LogP contribution in [0.1, 0.15) is 24.2 Å². The monoisotopic (exact) mass is 271 g/mol. The maximum absolute atomic E-state index is 5.36. The van der Waals surface area contributed by atoms with Crippen LogP contribution in [0, 0.1) is 0 Å². The molecule has 2 heterocycles. The van der Waals surface area contributed by atoms with Crippen LogP contribution in [0.5, 0.6) is 0 Å². The zero-order chi connectivity index (χ0) is 13.5. The van der Waals surface area contributed by atoms with Crippen molar-refractivity contribution >= 4 is 0 Å². The first-order valence-electron chi connectivity index (χ1n) is 6.48. The Morgan fingerprint density at radius 3 is 2.95 bits per heavy atom. The summed E-state index contributed by atoms with van der Waals surface area (Å²) in [5.74, 6) is 1.31. The van der Waals surface area contributed by atoms with E-state index in [-0.39, 0.29) is 12.1 Å². The van der Waals surface area contributed by atoms with Gasteiger partial charge in [-0.3, -0.25) is 0 Å². The molecule has 0 bridgehead atoms. The molecule has 108 valence electrons. The van der Waals surface area contributed by atoms with Gasteiger partial charge in [-0.2, -0.15) is 4.98 Å². The van der Waals surface area contributed by atoms with E-state index in [9.17, 15) is 0 Å². The van der Waals surface area contributed by atoms with Crippen molar-refractivity contribution < 1.29 is 18.7 Å². The van der Waals surface area contributed by atoms with Crippen molar-refractivity contribution in [3.8, 4) is 0 Å². The summed E-state index contributed by atoms with van der Waals surface area (Å²) >= 11 is 0. The number of rotatable bonds is 8. The van der Waals surface area contributed by atoms with E-state index in [1.165, 1.54) is 0 Å². The molecule has 2 atom stereocenters. The van der Waals surface area contributed by atoms with Gasteiger partial charge in [0.1, 0.15) is 0 Å². The standard InChI is InChI=1S/C12H21N3O4/c1-16-5-6-18-4-3-11-14-12(19-15-11)10-7-9(17-2)8-13-10/h9-10,13H,3-8H2,1-2H3/t9-,10+/m0/s1. The Bertz CT molecular complexity index is 372. The molecule has 1 aliphatic rings. The largest absolute Gasteiger partial charge is 0.382 e. The van der Waals surface area contributed by atoms with Gasteiger partial charge in [0.05, 0.1) is 32.0 Å². The lowest BCUT2D eigenvalue weighted by atomic mass is 10.2. The lowest BCUT2D eigenvalue weighted by Gasteiger charge is -2.04. The molecule has 0 radical (unpaired) electrons. The van der Waals surface area contributed by atoms with E-state index in [4.69, 9.17) is 18.7 Å². The van der Waals surface area contributed by atoms with E-state index in [1.54, 1.807) is 14.2 Å². The Kier molecular flexibility index (Phi) is 5.71. The van der Waals surface area contributed by atoms with Gasteiger partial charge in [-0.05, 0) is 6.42 Å². The Morgan fingerprint density at radius 2 is 2.21 bits per heavy atom. The SMILES string of the molecule is COCCOCCc1noc([C@H]2C[C@H](OC)CN2)n1. The van der Waals surface area contributed by atoms with Crippen LogP contribution in [0.15, 0.2) is 4.52 Å². The Hall–Kier alpha value is -1.02. The number of nitrogens with one attached hydrogen (secondary N) is 1. The molecule has 0 spiro atoms. The number of hydrogen-bond donors (Lipinski definition) is 1. The highest BCUT2D eigenvalue weighted by Gasteiger charge is 2.29. The van der Waals surface area contributed by atoms with Gasteiger partial charge < -0.3 is 24.1 Å². The minimum atomic E-state index is 0.0978. The second-order valence-corrected chi connectivity index (χ2v) is 4.46. The zero-order valence-electron chi connectivity index (χ0n) is 11.4. The minimum Gasteiger partial charge on any atom is -0.382 e. The molecule has 0 unspecified atom stereocenters. The first kappa shape index (κ1) is 14.4. The molecule has 7 heteroatoms. The molecule has 2 rings (SSSR count). The molecule has 1 aromatic rings. The highest BCUT2D eigenvalue weighted by molar-refractivity contribution is 4.97. The van der Waals surface area contributed by atoms with E-state index in [0.29, 0.717) is 38.0 Å². The fraction of sp³-hybridized carbons (Fsp3) is 0.833. The first-order valence-corrected chi connectivity index (χ1v) is 6.48. The van der Waals surface area contributed by atoms with Crippen LogP contribution in [0.25, 0.3) is 0 Å². The third-order valence-electron chi connectivity index (χ3n) is 3.11. The van der Waals surface area contributed by atoms with Crippen molar-refractivity contribution in [1.82, 2.24) is 15.5 Å². The van der Waals surface area contributed by atoms with Crippen molar-refractivity contribution in [3.05, 3.63) is 11.7 Å². The highest BCUT2D eigenvalue weighted by Crippen LogP contribution is 2.23. The van der Waals surface area contributed by atoms with Crippen molar-refractivity contribution in [3.63, 3.8) is 0 Å². The van der Waals surface area contributed by atoms with Crippen molar-refractivity contribution in [2.24, 2.45) is 0 Å². The van der Waals surface area contributed by atoms with E-state index in [0.717, 1.165) is 13.0 Å². The number of nitrogens with zero attached hydrogens (tertiary/aromatic N) is 2. The maximum atomic E-state index is 5.36. The Balaban J connectivity index is 1.73. The molecule has 1 aromatic heterocycles. The van der Waals surface area contributed by atoms with Crippen LogP contribution in [-0.4, -0.2) is 56.8 Å². The van der Waals surface area contributed by atoms with E-state index >= 15 is 0 Å². The zero-order valence-corrected chi connectivity index (χ0v) is 11.4. The van der Waals surface area contributed by atoms with Crippen molar-refractivity contribution in [1.29, 1.82) is 0 Å². The third-order valence-corrected chi connectivity index (χ3v) is 3.11. The van der Waals surface area contributed by atoms with Gasteiger partial charge in [0.15, 0.2) is 5.82 Å². The molecule has 0 aliphatic carbocycles. The second kappa shape index (κ2) is 7.54. The summed E-state index contributed by atoms with van der Waals surface area (Å²) in [6.45, 7) is 2.57. The van der Waals surface area contributed by atoms with Crippen LogP contribution >= 0.6 is 0 Å². The van der Waals surface area contributed by atoms with Gasteiger partial charge in [0.2, 0.25) is 5.89 Å². The van der Waals surface area contributed by atoms with Crippen LogP contribution in [0.2, 0.25) is 0 Å². The fourth-order valence-corrected chi connectivity index (χ4v) is 1.99. The smallest absolute Gasteiger partial charge is 0.243 e. The van der Waals surface area contributed by atoms with Crippen LogP contribution < -0.4 is 5.32 Å². The second-order valence-electron chi connectivity index (χ2n) is 4.46. The quantitative estimate of drug-likeness (QED) is 0.682. The lowest BCUT2D eigenvalue weighted by molar-refractivity contribution is 0.0714. The summed E-state index contributed by atoms with van der Waals surface area (Å²) < 4.78 is 20.8. The first-order chi connectivity index (χ1) is 9.33. The van der Waals surface area contributed by atoms with Gasteiger partial charge in [0, 0.05) is 27.2 Å². The van der Waals surface area contributed by atoms with Crippen molar-refractivity contribution in [2.45, 2.75) is 25.0 Å². The summed E-state index contributed by atoms with van der Waals surface area (Å²) in [7, 11) is 3.36. The molecule has 0 amide bonds. The Morgan fingerprint density at radius 1 is 1.32 bits per heavy atom. The molecule has 0 saturated carbocycles. The average molecular weight is 271 g/mol. The number of ether oxygens (including phenoxy) is 3. The van der Waals surface area contributed by atoms with E-state index in [1.807, 2.05) is 0 Å². The summed E-state index contributed by atoms with van der Waals surface area (Å²) in [5, 5.41) is 7.25. The van der Waals surface area contributed by atoms with Gasteiger partial charge in [-0.25, -0.2) is 0 Å². The van der Waals surface area contributed by atoms with Crippen LogP contribution in [0.3, 0.4) is 0 Å². The normalized spacial score (nSPS) is 23.1. The molecule has 1 N–H and O–H groups in total. The molecule has 1 saturated heterocycles. The average Bonchev–Trinajstić information content (AvgIpc) is 3.07. The lowest BCUT2D eigenvalue weighted by Crippen LogP contribution is -2.16. The number of hydrogen-bond acceptors (Lipinski definition) is 7. The molecule has 1 fully saturated rings. The predicted molar refractivity (Wildman–Crippen MR) is 66.9 cm³/mol. The maximum Gasteiger partial charge on any atom is 0.243 e. The van der Waals surface area contributed by atoms with Gasteiger partial charge in [-0.1, -0.05) is 5.16 Å². The summed E-state index contributed by atoms with van der Waals surface area (Å²) in [4.78, 5) is 4.37. The van der Waals surface area contributed by atoms with E-state index < -0.39 is 0 Å². The number of methoxy groups -OCH3 is 2. The van der Waals surface area contributed by atoms with Crippen molar-refractivity contribution in [2.75, 3.05) is 40.6 Å². The number of aromatic nitrogens is 2. The van der Waals surface area contributed by atoms with E-state index in [2.05, 4.69) is 15.5 Å². The summed E-state index contributed by atoms with van der Waals surface area (Å²) in [5.41, 5.74) is 0. The predicted octanol–water partition coefficient (Wildman–Crippen LogP) is 0.325. The molecule has 1 aliphatic heterocycles. The van der Waals surface area contributed by atoms with Gasteiger partial charge in [-0.15, -0.1) is 0 Å². The molecule has 19 heavy (non-hydrogen) atoms. The summed E-state index contributed by atoms with van der Waals surface area (Å²) in [6, 6.07) is 0.0978. The fourth-order valence-electron chi connectivity index (χ4n) is 1.99. The van der Waals surface area contributed by atoms with Crippen LogP contribution in [0.4, 0.5) is 0 Å². The summed E-state index contributed by atoms with van der Waals surface area (Å²) in [6.07, 6.45) is 1.73. The highest BCUT2D eigenvalue weighted by atomic mass is 16.5. The minimum absolute atomic E-state index is 0.0978. The molecular formula is C12H21N3O4. The topological polar surface area (TPSA) is 78.6 Å². The molecule has 7 nitrogen and oxygen atoms in total. The van der Waals surface area contributed by atoms with Gasteiger partial charge in [0.25, 0.3) is 0 Å². The molecule has 0 aromatic carbocycles. The van der Waals surface area contributed by atoms with Crippen LogP contribution in [-0.2, 0) is 20.6 Å². The Labute approximate surface area is 112 Å². The third kappa shape index (κ3) is 4.24. The van der Waals surface area contributed by atoms with Gasteiger partial charge >= 0.3 is 0 Å². The molecular weight excluding hydrogens is 250 g/mol.